The molecule has 0 N–H and O–H groups in total. The zero-order valence-electron chi connectivity index (χ0n) is 11.5. The largest absolute Gasteiger partial charge is 0.435 e. The van der Waals surface area contributed by atoms with Crippen LogP contribution in [0.5, 0.6) is 5.75 Å². The first-order valence-electron chi connectivity index (χ1n) is 6.53. The normalized spacial score (nSPS) is 10.5. The van der Waals surface area contributed by atoms with Crippen LogP contribution < -0.4 is 9.64 Å². The van der Waals surface area contributed by atoms with Crippen molar-refractivity contribution < 1.29 is 18.3 Å². The van der Waals surface area contributed by atoms with Crippen molar-refractivity contribution in [2.75, 3.05) is 11.4 Å². The summed E-state index contributed by atoms with van der Waals surface area (Å²) in [6.45, 7) is -0.584. The number of carbonyl (C=O) groups excluding carboxylic acids is 1. The van der Waals surface area contributed by atoms with E-state index < -0.39 is 6.61 Å². The summed E-state index contributed by atoms with van der Waals surface area (Å²) in [4.78, 5) is 14.1. The third-order valence-corrected chi connectivity index (χ3v) is 2.94. The minimum Gasteiger partial charge on any atom is -0.435 e. The van der Waals surface area contributed by atoms with Gasteiger partial charge >= 0.3 is 6.61 Å². The van der Waals surface area contributed by atoms with Crippen LogP contribution in [0.25, 0.3) is 0 Å². The van der Waals surface area contributed by atoms with Crippen molar-refractivity contribution >= 4 is 11.6 Å². The number of hydrogen-bond donors (Lipinski definition) is 0. The lowest BCUT2D eigenvalue weighted by molar-refractivity contribution is -0.0498. The molecule has 0 aromatic heterocycles. The molecule has 0 radical (unpaired) electrons. The molecule has 0 saturated heterocycles. The van der Waals surface area contributed by atoms with E-state index in [0.717, 1.165) is 5.69 Å². The molecule has 2 aromatic rings. The molecule has 3 nitrogen and oxygen atoms in total. The molecule has 0 heterocycles. The van der Waals surface area contributed by atoms with Gasteiger partial charge in [0.1, 0.15) is 5.75 Å². The molecule has 0 spiro atoms. The number of nitrogens with zero attached hydrogens (tertiary/aromatic N) is 1. The second-order valence-corrected chi connectivity index (χ2v) is 4.29. The van der Waals surface area contributed by atoms with Crippen LogP contribution in [0.15, 0.2) is 54.6 Å². The minimum atomic E-state index is -2.91. The second kappa shape index (κ2) is 6.83. The third-order valence-electron chi connectivity index (χ3n) is 2.94. The summed E-state index contributed by atoms with van der Waals surface area (Å²) in [5.74, 6) is -0.289. The predicted molar refractivity (Wildman–Crippen MR) is 76.9 cm³/mol. The summed E-state index contributed by atoms with van der Waals surface area (Å²) < 4.78 is 28.8. The fourth-order valence-corrected chi connectivity index (χ4v) is 2.01. The van der Waals surface area contributed by atoms with Crippen LogP contribution in [-0.4, -0.2) is 19.1 Å². The van der Waals surface area contributed by atoms with Crippen molar-refractivity contribution in [1.29, 1.82) is 0 Å². The summed E-state index contributed by atoms with van der Waals surface area (Å²) >= 11 is 0. The molecular formula is C16H15F2NO2. The number of anilines is 1. The van der Waals surface area contributed by atoms with Crippen molar-refractivity contribution in [3.05, 3.63) is 60.2 Å². The van der Waals surface area contributed by atoms with Gasteiger partial charge in [0, 0.05) is 17.8 Å². The third kappa shape index (κ3) is 3.78. The average Bonchev–Trinajstić information content (AvgIpc) is 2.48. The number of alkyl halides is 2. The molecule has 0 atom stereocenters. The van der Waals surface area contributed by atoms with Crippen molar-refractivity contribution in [2.24, 2.45) is 0 Å². The molecular weight excluding hydrogens is 276 g/mol. The number of rotatable bonds is 5. The number of benzene rings is 2. The van der Waals surface area contributed by atoms with Gasteiger partial charge in [-0.2, -0.15) is 8.78 Å². The van der Waals surface area contributed by atoms with E-state index in [0.29, 0.717) is 12.1 Å². The van der Waals surface area contributed by atoms with Gasteiger partial charge in [-0.05, 0) is 37.3 Å². The molecule has 110 valence electrons. The highest BCUT2D eigenvalue weighted by molar-refractivity contribution is 6.06. The number of halogens is 2. The Hall–Kier alpha value is -2.43. The van der Waals surface area contributed by atoms with Crippen LogP contribution in [0.1, 0.15) is 17.3 Å². The highest BCUT2D eigenvalue weighted by Gasteiger charge is 2.17. The second-order valence-electron chi connectivity index (χ2n) is 4.29. The number of hydrogen-bond acceptors (Lipinski definition) is 2. The molecule has 0 aliphatic rings. The molecule has 1 amide bonds. The number of para-hydroxylation sites is 1. The highest BCUT2D eigenvalue weighted by atomic mass is 19.3. The van der Waals surface area contributed by atoms with Gasteiger partial charge < -0.3 is 9.64 Å². The number of ether oxygens (including phenoxy) is 1. The Morgan fingerprint density at radius 3 is 2.48 bits per heavy atom. The zero-order chi connectivity index (χ0) is 15.2. The summed E-state index contributed by atoms with van der Waals surface area (Å²) in [7, 11) is 0. The SMILES string of the molecule is CCN(C(=O)c1cccc(OC(F)F)c1)c1ccccc1. The topological polar surface area (TPSA) is 29.5 Å². The van der Waals surface area contributed by atoms with Crippen molar-refractivity contribution in [2.45, 2.75) is 13.5 Å². The van der Waals surface area contributed by atoms with Gasteiger partial charge in [0.2, 0.25) is 0 Å². The van der Waals surface area contributed by atoms with Gasteiger partial charge in [0.15, 0.2) is 0 Å². The maximum Gasteiger partial charge on any atom is 0.387 e. The first-order chi connectivity index (χ1) is 10.1. The molecule has 0 aliphatic carbocycles. The van der Waals surface area contributed by atoms with Crippen molar-refractivity contribution in [3.63, 3.8) is 0 Å². The quantitative estimate of drug-likeness (QED) is 0.834. The summed E-state index contributed by atoms with van der Waals surface area (Å²) in [5.41, 5.74) is 1.06. The van der Waals surface area contributed by atoms with Crippen LogP contribution in [-0.2, 0) is 0 Å². The Bertz CT molecular complexity index is 602. The number of amides is 1. The lowest BCUT2D eigenvalue weighted by Crippen LogP contribution is -2.30. The van der Waals surface area contributed by atoms with E-state index in [9.17, 15) is 13.6 Å². The maximum absolute atomic E-state index is 12.5. The van der Waals surface area contributed by atoms with E-state index in [1.807, 2.05) is 37.3 Å². The van der Waals surface area contributed by atoms with E-state index in [1.54, 1.807) is 11.0 Å². The molecule has 5 heteroatoms. The van der Waals surface area contributed by atoms with E-state index >= 15 is 0 Å². The van der Waals surface area contributed by atoms with E-state index in [2.05, 4.69) is 4.74 Å². The van der Waals surface area contributed by atoms with E-state index in [1.165, 1.54) is 18.2 Å². The van der Waals surface area contributed by atoms with Gasteiger partial charge in [0.25, 0.3) is 5.91 Å². The van der Waals surface area contributed by atoms with Gasteiger partial charge in [-0.1, -0.05) is 24.3 Å². The molecule has 21 heavy (non-hydrogen) atoms. The first kappa shape index (κ1) is 15.0. The van der Waals surface area contributed by atoms with Crippen molar-refractivity contribution in [1.82, 2.24) is 0 Å². The Morgan fingerprint density at radius 2 is 1.86 bits per heavy atom. The zero-order valence-corrected chi connectivity index (χ0v) is 11.5. The molecule has 2 rings (SSSR count). The lowest BCUT2D eigenvalue weighted by Gasteiger charge is -2.21. The smallest absolute Gasteiger partial charge is 0.387 e. The van der Waals surface area contributed by atoms with Gasteiger partial charge in [0.05, 0.1) is 0 Å². The van der Waals surface area contributed by atoms with Gasteiger partial charge in [-0.15, -0.1) is 0 Å². The molecule has 0 aliphatic heterocycles. The van der Waals surface area contributed by atoms with E-state index in [4.69, 9.17) is 0 Å². The van der Waals surface area contributed by atoms with Gasteiger partial charge in [-0.3, -0.25) is 4.79 Å². The Labute approximate surface area is 121 Å². The van der Waals surface area contributed by atoms with Crippen LogP contribution >= 0.6 is 0 Å². The molecule has 2 aromatic carbocycles. The average molecular weight is 291 g/mol. The number of carbonyl (C=O) groups is 1. The summed E-state index contributed by atoms with van der Waals surface area (Å²) in [5, 5.41) is 0. The van der Waals surface area contributed by atoms with Crippen LogP contribution in [0, 0.1) is 0 Å². The minimum absolute atomic E-state index is 0.0278. The molecule has 0 bridgehead atoms. The monoisotopic (exact) mass is 291 g/mol. The Balaban J connectivity index is 2.26. The van der Waals surface area contributed by atoms with Gasteiger partial charge in [-0.25, -0.2) is 0 Å². The summed E-state index contributed by atoms with van der Waals surface area (Å²) in [6.07, 6.45) is 0. The summed E-state index contributed by atoms with van der Waals surface area (Å²) in [6, 6.07) is 15.0. The van der Waals surface area contributed by atoms with E-state index in [-0.39, 0.29) is 11.7 Å². The van der Waals surface area contributed by atoms with Crippen LogP contribution in [0.2, 0.25) is 0 Å². The van der Waals surface area contributed by atoms with Crippen LogP contribution in [0.3, 0.4) is 0 Å². The lowest BCUT2D eigenvalue weighted by atomic mass is 10.1. The fourth-order valence-electron chi connectivity index (χ4n) is 2.01. The molecule has 0 saturated carbocycles. The Kier molecular flexibility index (Phi) is 4.87. The van der Waals surface area contributed by atoms with Crippen LogP contribution in [0.4, 0.5) is 14.5 Å². The highest BCUT2D eigenvalue weighted by Crippen LogP contribution is 2.20. The maximum atomic E-state index is 12.5. The Morgan fingerprint density at radius 1 is 1.14 bits per heavy atom. The molecule has 0 unspecified atom stereocenters. The molecule has 0 fully saturated rings. The predicted octanol–water partition coefficient (Wildman–Crippen LogP) is 3.95. The fraction of sp³-hybridized carbons (Fsp3) is 0.188. The van der Waals surface area contributed by atoms with Crippen molar-refractivity contribution in [3.8, 4) is 5.75 Å². The standard InChI is InChI=1S/C16H15F2NO2/c1-2-19(13-8-4-3-5-9-13)15(20)12-7-6-10-14(11-12)21-16(17)18/h3-11,16H,2H2,1H3. The first-order valence-corrected chi connectivity index (χ1v) is 6.53.